The zero-order chi connectivity index (χ0) is 22.1. The lowest BCUT2D eigenvalue weighted by atomic mass is 9.52. The summed E-state index contributed by atoms with van der Waals surface area (Å²) >= 11 is 0. The highest BCUT2D eigenvalue weighted by Crippen LogP contribution is 2.56. The third-order valence-electron chi connectivity index (χ3n) is 9.15. The van der Waals surface area contributed by atoms with Gasteiger partial charge in [-0.2, -0.15) is 0 Å². The molecule has 1 amide bonds. The lowest BCUT2D eigenvalue weighted by Crippen LogP contribution is -2.54. The number of carbonyl (C=O) groups is 1. The molecular weight excluding hydrogens is 380 g/mol. The lowest BCUT2D eigenvalue weighted by molar-refractivity contribution is -0.135. The summed E-state index contributed by atoms with van der Waals surface area (Å²) in [5.74, 6) is 2.69. The number of nitrogens with two attached hydrogens (primary N) is 1. The molecule has 3 fully saturated rings. The molecule has 1 aliphatic heterocycles. The Morgan fingerprint density at radius 2 is 1.90 bits per heavy atom. The highest BCUT2D eigenvalue weighted by molar-refractivity contribution is 5.76. The van der Waals surface area contributed by atoms with Crippen molar-refractivity contribution >= 4 is 5.91 Å². The average molecular weight is 425 g/mol. The topological polar surface area (TPSA) is 46.3 Å². The van der Waals surface area contributed by atoms with Crippen molar-refractivity contribution in [2.24, 2.45) is 28.9 Å². The van der Waals surface area contributed by atoms with Crippen LogP contribution in [-0.2, 0) is 10.2 Å². The summed E-state index contributed by atoms with van der Waals surface area (Å²) in [6.07, 6.45) is 12.0. The molecule has 0 spiro atoms. The van der Waals surface area contributed by atoms with Gasteiger partial charge < -0.3 is 10.6 Å². The second kappa shape index (κ2) is 9.25. The smallest absolute Gasteiger partial charge is 0.222 e. The number of rotatable bonds is 6. The van der Waals surface area contributed by atoms with E-state index >= 15 is 0 Å². The molecule has 0 radical (unpaired) electrons. The fourth-order valence-electron chi connectivity index (χ4n) is 7.34. The first-order valence-corrected chi connectivity index (χ1v) is 12.9. The second-order valence-electron chi connectivity index (χ2n) is 11.7. The van der Waals surface area contributed by atoms with E-state index in [9.17, 15) is 4.79 Å². The molecule has 4 unspecified atom stereocenters. The molecule has 0 aromatic heterocycles. The molecular formula is C28H44N2O. The van der Waals surface area contributed by atoms with Gasteiger partial charge in [0.1, 0.15) is 0 Å². The molecule has 2 N–H and O–H groups in total. The van der Waals surface area contributed by atoms with Crippen molar-refractivity contribution in [1.29, 1.82) is 0 Å². The number of amides is 1. The van der Waals surface area contributed by atoms with E-state index in [4.69, 9.17) is 5.73 Å². The van der Waals surface area contributed by atoms with Gasteiger partial charge in [0.2, 0.25) is 5.91 Å². The Kier molecular flexibility index (Phi) is 6.82. The summed E-state index contributed by atoms with van der Waals surface area (Å²) in [6.45, 7) is 8.40. The SMILES string of the molecule is CCCC1C2CCCC(c3ccccc3)(C2)CC1CCC(=O)N1CC[C@H](N)C(C)(C)C1. The van der Waals surface area contributed by atoms with Crippen molar-refractivity contribution < 1.29 is 4.79 Å². The highest BCUT2D eigenvalue weighted by Gasteiger charge is 2.48. The lowest BCUT2D eigenvalue weighted by Gasteiger charge is -2.53. The van der Waals surface area contributed by atoms with Crippen molar-refractivity contribution in [2.45, 2.75) is 96.4 Å². The van der Waals surface area contributed by atoms with E-state index in [-0.39, 0.29) is 11.5 Å². The molecule has 3 aliphatic rings. The van der Waals surface area contributed by atoms with Crippen LogP contribution in [0.1, 0.15) is 90.5 Å². The molecule has 2 aliphatic carbocycles. The maximum Gasteiger partial charge on any atom is 0.222 e. The second-order valence-corrected chi connectivity index (χ2v) is 11.7. The van der Waals surface area contributed by atoms with Crippen LogP contribution in [-0.4, -0.2) is 29.9 Å². The molecule has 3 heteroatoms. The first-order valence-electron chi connectivity index (χ1n) is 12.9. The molecule has 2 bridgehead atoms. The van der Waals surface area contributed by atoms with Crippen molar-refractivity contribution in [3.05, 3.63) is 35.9 Å². The van der Waals surface area contributed by atoms with Gasteiger partial charge >= 0.3 is 0 Å². The van der Waals surface area contributed by atoms with E-state index in [1.165, 1.54) is 44.9 Å². The van der Waals surface area contributed by atoms with E-state index < -0.39 is 0 Å². The van der Waals surface area contributed by atoms with Gasteiger partial charge in [0.25, 0.3) is 0 Å². The maximum absolute atomic E-state index is 13.2. The quantitative estimate of drug-likeness (QED) is 0.616. The van der Waals surface area contributed by atoms with Gasteiger partial charge in [-0.1, -0.05) is 76.8 Å². The predicted octanol–water partition coefficient (Wildman–Crippen LogP) is 5.92. The van der Waals surface area contributed by atoms with Gasteiger partial charge in [-0.05, 0) is 66.3 Å². The number of benzene rings is 1. The van der Waals surface area contributed by atoms with Crippen molar-refractivity contribution in [3.63, 3.8) is 0 Å². The van der Waals surface area contributed by atoms with Crippen LogP contribution in [0, 0.1) is 23.2 Å². The van der Waals surface area contributed by atoms with E-state index in [1.54, 1.807) is 5.56 Å². The Hall–Kier alpha value is -1.35. The van der Waals surface area contributed by atoms with Crippen molar-refractivity contribution in [2.75, 3.05) is 13.1 Å². The van der Waals surface area contributed by atoms with Crippen LogP contribution in [0.2, 0.25) is 0 Å². The number of fused-ring (bicyclic) bond motifs is 2. The highest BCUT2D eigenvalue weighted by atomic mass is 16.2. The molecule has 1 aromatic rings. The molecule has 4 rings (SSSR count). The molecule has 172 valence electrons. The minimum atomic E-state index is 0.0257. The number of hydrogen-bond donors (Lipinski definition) is 1. The summed E-state index contributed by atoms with van der Waals surface area (Å²) in [7, 11) is 0. The zero-order valence-corrected chi connectivity index (χ0v) is 20.1. The van der Waals surface area contributed by atoms with E-state index in [2.05, 4.69) is 56.0 Å². The predicted molar refractivity (Wildman–Crippen MR) is 129 cm³/mol. The summed E-state index contributed by atoms with van der Waals surface area (Å²) in [6, 6.07) is 11.5. The fraction of sp³-hybridized carbons (Fsp3) is 0.750. The summed E-state index contributed by atoms with van der Waals surface area (Å²) in [5.41, 5.74) is 8.23. The number of likely N-dealkylation sites (tertiary alicyclic amines) is 1. The normalized spacial score (nSPS) is 35.0. The van der Waals surface area contributed by atoms with Gasteiger partial charge in [-0.25, -0.2) is 0 Å². The maximum atomic E-state index is 13.2. The molecule has 1 heterocycles. The Morgan fingerprint density at radius 3 is 2.61 bits per heavy atom. The number of hydrogen-bond acceptors (Lipinski definition) is 2. The fourth-order valence-corrected chi connectivity index (χ4v) is 7.34. The van der Waals surface area contributed by atoms with Gasteiger partial charge in [-0.3, -0.25) is 4.79 Å². The van der Waals surface area contributed by atoms with Crippen LogP contribution in [0.3, 0.4) is 0 Å². The van der Waals surface area contributed by atoms with Crippen molar-refractivity contribution in [3.8, 4) is 0 Å². The Balaban J connectivity index is 1.47. The van der Waals surface area contributed by atoms with Gasteiger partial charge in [0, 0.05) is 25.6 Å². The Labute approximate surface area is 190 Å². The average Bonchev–Trinajstić information content (AvgIpc) is 2.77. The van der Waals surface area contributed by atoms with Crippen LogP contribution >= 0.6 is 0 Å². The third kappa shape index (κ3) is 4.72. The molecule has 2 saturated carbocycles. The molecule has 5 atom stereocenters. The van der Waals surface area contributed by atoms with Crippen LogP contribution in [0.15, 0.2) is 30.3 Å². The van der Waals surface area contributed by atoms with Gasteiger partial charge in [0.15, 0.2) is 0 Å². The standard InChI is InChI=1S/C28H44N2O/c1-4-9-24-21-10-8-16-28(18-21,23-11-6-5-7-12-23)19-22(24)13-14-26(31)30-17-15-25(29)27(2,3)20-30/h5-7,11-12,21-22,24-25H,4,8-10,13-20,29H2,1-3H3/t21?,22?,24?,25-,28?/m0/s1. The van der Waals surface area contributed by atoms with Crippen molar-refractivity contribution in [1.82, 2.24) is 4.90 Å². The van der Waals surface area contributed by atoms with E-state index in [0.717, 1.165) is 37.8 Å². The molecule has 31 heavy (non-hydrogen) atoms. The van der Waals surface area contributed by atoms with E-state index in [0.29, 0.717) is 23.7 Å². The first kappa shape index (κ1) is 22.8. The first-order chi connectivity index (χ1) is 14.8. The zero-order valence-electron chi connectivity index (χ0n) is 20.1. The number of piperidine rings is 1. The Bertz CT molecular complexity index is 745. The number of nitrogens with zero attached hydrogens (tertiary/aromatic N) is 1. The minimum Gasteiger partial charge on any atom is -0.342 e. The summed E-state index contributed by atoms with van der Waals surface area (Å²) in [5, 5.41) is 0. The van der Waals surface area contributed by atoms with Gasteiger partial charge in [0.05, 0.1) is 0 Å². The third-order valence-corrected chi connectivity index (χ3v) is 9.15. The summed E-state index contributed by atoms with van der Waals surface area (Å²) < 4.78 is 0. The number of carbonyl (C=O) groups excluding carboxylic acids is 1. The Morgan fingerprint density at radius 1 is 1.13 bits per heavy atom. The van der Waals surface area contributed by atoms with Crippen LogP contribution in [0.4, 0.5) is 0 Å². The van der Waals surface area contributed by atoms with E-state index in [1.807, 2.05) is 0 Å². The molecule has 1 saturated heterocycles. The van der Waals surface area contributed by atoms with Crippen LogP contribution < -0.4 is 5.73 Å². The largest absolute Gasteiger partial charge is 0.342 e. The summed E-state index contributed by atoms with van der Waals surface area (Å²) in [4.78, 5) is 15.3. The monoisotopic (exact) mass is 424 g/mol. The van der Waals surface area contributed by atoms with Gasteiger partial charge in [-0.15, -0.1) is 0 Å². The van der Waals surface area contributed by atoms with Crippen LogP contribution in [0.5, 0.6) is 0 Å². The minimum absolute atomic E-state index is 0.0257. The van der Waals surface area contributed by atoms with Crippen LogP contribution in [0.25, 0.3) is 0 Å². The molecule has 1 aromatic carbocycles. The molecule has 3 nitrogen and oxygen atoms in total.